The van der Waals surface area contributed by atoms with Crippen LogP contribution in [0, 0.1) is 97.1 Å². The van der Waals surface area contributed by atoms with Crippen LogP contribution >= 0.6 is 0 Å². The molecule has 0 fully saturated rings. The third-order valence-electron chi connectivity index (χ3n) is 12.7. The zero-order chi connectivity index (χ0) is 44.2. The van der Waals surface area contributed by atoms with Gasteiger partial charge in [-0.2, -0.15) is 0 Å². The summed E-state index contributed by atoms with van der Waals surface area (Å²) in [5.41, 5.74) is 18.8. The Morgan fingerprint density at radius 3 is 0.635 bits per heavy atom. The van der Waals surface area contributed by atoms with Gasteiger partial charge in [0.1, 0.15) is 0 Å². The first-order chi connectivity index (χ1) is 30.2. The van der Waals surface area contributed by atoms with Gasteiger partial charge in [-0.1, -0.05) is 24.3 Å². The average molecular weight is 1050 g/mol. The zero-order valence-electron chi connectivity index (χ0n) is 36.6. The summed E-state index contributed by atoms with van der Waals surface area (Å²) in [5.74, 6) is 3.21. The molecule has 10 bridgehead atoms. The SMILES string of the molecule is Cc1cc2c(cc1C)-c1nc-2nc2nc(nc3[n-]c(nc4nc(nc5[n-]c(n1)c1cc(C)c(C)cc51)-c1cc(C)c(C)cc1-4)c1cc(C)c(C)cc31)-c1cc(C)c(C)cc1-2.[O]=[U+2]=[O]. The van der Waals surface area contributed by atoms with E-state index in [1.54, 1.807) is 0 Å². The van der Waals surface area contributed by atoms with Crippen molar-refractivity contribution in [3.05, 3.63) is 116 Å². The maximum absolute atomic E-state index is 8.58. The van der Waals surface area contributed by atoms with Crippen LogP contribution in [0.2, 0.25) is 0 Å². The number of hydrogen-bond acceptors (Lipinski definition) is 10. The molecule has 8 aromatic rings. The topological polar surface area (TPSA) is 165 Å². The van der Waals surface area contributed by atoms with Gasteiger partial charge in [0.25, 0.3) is 0 Å². The number of benzene rings is 5. The number of aromatic nitrogens is 10. The van der Waals surface area contributed by atoms with E-state index in [4.69, 9.17) is 54.3 Å². The van der Waals surface area contributed by atoms with Crippen LogP contribution in [0.1, 0.15) is 55.6 Å². The van der Waals surface area contributed by atoms with Crippen molar-refractivity contribution in [1.29, 1.82) is 0 Å². The predicted molar refractivity (Wildman–Crippen MR) is 240 cm³/mol. The van der Waals surface area contributed by atoms with Crippen molar-refractivity contribution in [3.8, 4) is 68.3 Å². The van der Waals surface area contributed by atoms with Gasteiger partial charge in [0.05, 0.1) is 23.3 Å². The van der Waals surface area contributed by atoms with Crippen molar-refractivity contribution in [2.75, 3.05) is 0 Å². The van der Waals surface area contributed by atoms with Crippen molar-refractivity contribution in [3.63, 3.8) is 0 Å². The number of aryl methyl sites for hydroxylation is 10. The molecule has 0 spiro atoms. The molecule has 63 heavy (non-hydrogen) atoms. The quantitative estimate of drug-likeness (QED) is 0.141. The number of rotatable bonds is 0. The van der Waals surface area contributed by atoms with Crippen LogP contribution in [0.4, 0.5) is 0 Å². The summed E-state index contributed by atoms with van der Waals surface area (Å²) in [6.45, 7) is 21.1. The molecule has 0 aliphatic carbocycles. The second-order valence-electron chi connectivity index (χ2n) is 16.8. The molecule has 3 aliphatic heterocycles. The van der Waals surface area contributed by atoms with Gasteiger partial charge < -0.3 is 29.9 Å². The molecule has 306 valence electrons. The molecular weight excluding hydrogens is 1010 g/mol. The molecule has 0 N–H and O–H groups in total. The minimum atomic E-state index is -2.51. The number of nitrogens with zero attached hydrogens (tertiary/aromatic N) is 10. The van der Waals surface area contributed by atoms with Crippen molar-refractivity contribution in [2.45, 2.75) is 69.2 Å². The first-order valence-corrected chi connectivity index (χ1v) is 24.1. The average Bonchev–Trinajstić information content (AvgIpc) is 4.00. The first kappa shape index (κ1) is 40.5. The second-order valence-corrected chi connectivity index (χ2v) is 17.5. The van der Waals surface area contributed by atoms with E-state index in [9.17, 15) is 0 Å². The van der Waals surface area contributed by atoms with Gasteiger partial charge in [-0.15, -0.1) is 0 Å². The molecule has 0 saturated heterocycles. The van der Waals surface area contributed by atoms with Crippen molar-refractivity contribution in [2.24, 2.45) is 0 Å². The third-order valence-corrected chi connectivity index (χ3v) is 12.7. The molecular formula is C50H40N10O2U. The summed E-state index contributed by atoms with van der Waals surface area (Å²) in [5, 5.41) is 3.56. The van der Waals surface area contributed by atoms with Crippen molar-refractivity contribution in [1.82, 2.24) is 49.8 Å². The Hall–Kier alpha value is -6.55. The Morgan fingerprint density at radius 2 is 0.444 bits per heavy atom. The molecule has 5 aromatic carbocycles. The molecule has 0 unspecified atom stereocenters. The predicted octanol–water partition coefficient (Wildman–Crippen LogP) is 10.5. The monoisotopic (exact) mass is 1050 g/mol. The minimum absolute atomic E-state index is 0.535. The normalized spacial score (nSPS) is 11.7. The number of fused-ring (bicyclic) bond motifs is 25. The van der Waals surface area contributed by atoms with Gasteiger partial charge in [0, 0.05) is 56.0 Å². The molecule has 6 heterocycles. The molecule has 11 rings (SSSR count). The molecule has 0 atom stereocenters. The molecule has 0 saturated carbocycles. The van der Waals surface area contributed by atoms with Crippen LogP contribution in [0.5, 0.6) is 0 Å². The Kier molecular flexibility index (Phi) is 9.69. The van der Waals surface area contributed by atoms with E-state index in [0.29, 0.717) is 57.5 Å². The Balaban J connectivity index is 0.00000153. The molecule has 12 nitrogen and oxygen atoms in total. The van der Waals surface area contributed by atoms with Gasteiger partial charge in [-0.05, 0) is 183 Å². The van der Waals surface area contributed by atoms with Crippen LogP contribution in [0.3, 0.4) is 0 Å². The fourth-order valence-electron chi connectivity index (χ4n) is 8.39. The molecule has 0 radical (unpaired) electrons. The van der Waals surface area contributed by atoms with Crippen LogP contribution in [-0.2, 0) is 4.47 Å². The van der Waals surface area contributed by atoms with E-state index in [1.165, 1.54) is 0 Å². The van der Waals surface area contributed by atoms with Gasteiger partial charge in [0.15, 0.2) is 11.6 Å². The Bertz CT molecular complexity index is 3450. The summed E-state index contributed by atoms with van der Waals surface area (Å²) in [4.78, 5) is 51.9. The fraction of sp³-hybridized carbons (Fsp3) is 0.200. The van der Waals surface area contributed by atoms with Gasteiger partial charge in [-0.3, -0.25) is 0 Å². The first-order valence-electron chi connectivity index (χ1n) is 20.7. The van der Waals surface area contributed by atoms with Crippen molar-refractivity contribution >= 4 is 44.1 Å². The Labute approximate surface area is 377 Å². The summed E-state index contributed by atoms with van der Waals surface area (Å²) < 4.78 is 17.2. The fourth-order valence-corrected chi connectivity index (χ4v) is 8.39. The summed E-state index contributed by atoms with van der Waals surface area (Å²) in [6.07, 6.45) is 0. The van der Waals surface area contributed by atoms with Gasteiger partial charge in [-0.25, -0.2) is 19.9 Å². The van der Waals surface area contributed by atoms with E-state index < -0.39 is 27.8 Å². The summed E-state index contributed by atoms with van der Waals surface area (Å²) in [6, 6.07) is 21.4. The summed E-state index contributed by atoms with van der Waals surface area (Å²) in [7, 11) is 0. The molecule has 0 amide bonds. The zero-order valence-corrected chi connectivity index (χ0v) is 40.7. The molecule has 13 heteroatoms. The van der Waals surface area contributed by atoms with Crippen molar-refractivity contribution < 1.29 is 32.3 Å². The van der Waals surface area contributed by atoms with Crippen LogP contribution in [0.15, 0.2) is 60.7 Å². The summed E-state index contributed by atoms with van der Waals surface area (Å²) >= 11 is -2.51. The van der Waals surface area contributed by atoms with Crippen LogP contribution in [-0.4, -0.2) is 39.9 Å². The molecule has 3 aromatic heterocycles. The van der Waals surface area contributed by atoms with Crippen LogP contribution < -0.4 is 9.97 Å². The second kappa shape index (κ2) is 15.1. The number of hydrogen-bond donors (Lipinski definition) is 0. The van der Waals surface area contributed by atoms with E-state index in [1.807, 2.05) is 0 Å². The van der Waals surface area contributed by atoms with Gasteiger partial charge >= 0.3 is 32.3 Å². The van der Waals surface area contributed by atoms with Gasteiger partial charge in [0.2, 0.25) is 0 Å². The van der Waals surface area contributed by atoms with E-state index in [-0.39, 0.29) is 0 Å². The van der Waals surface area contributed by atoms with E-state index >= 15 is 0 Å². The molecule has 3 aliphatic rings. The third kappa shape index (κ3) is 6.73. The maximum atomic E-state index is 8.58. The van der Waals surface area contributed by atoms with E-state index in [2.05, 4.69) is 130 Å². The van der Waals surface area contributed by atoms with E-state index in [0.717, 1.165) is 111 Å². The van der Waals surface area contributed by atoms with Crippen LogP contribution in [0.25, 0.3) is 112 Å². The Morgan fingerprint density at radius 1 is 0.286 bits per heavy atom. The standard InChI is InChI=1S/C50H40N10.2O.U/c1-21-11-31-32(12-22(21)2)42-51-41(31)56-43-33-13-23(3)24(4)14-34(33)45(52-43)58-47-37-17-27(7)28(8)18-38(37)49(54-47)60-50-40-20-30(10)29(9)19-39(40)48(55-50)59-46-36-16-26(6)25(5)15-35(36)44(53-46)57-42;;;/h11-20H,1-10H3;;;/q-2;;;+2.